The van der Waals surface area contributed by atoms with Crippen LogP contribution in [0.4, 0.5) is 5.82 Å². The van der Waals surface area contributed by atoms with Crippen LogP contribution in [0.3, 0.4) is 0 Å². The summed E-state index contributed by atoms with van der Waals surface area (Å²) in [6, 6.07) is 5.95. The molecule has 0 radical (unpaired) electrons. The van der Waals surface area contributed by atoms with Gasteiger partial charge in [0.05, 0.1) is 11.4 Å². The van der Waals surface area contributed by atoms with Gasteiger partial charge in [0, 0.05) is 26.4 Å². The van der Waals surface area contributed by atoms with Gasteiger partial charge in [-0.25, -0.2) is 9.97 Å². The second kappa shape index (κ2) is 3.49. The molecule has 0 saturated heterocycles. The van der Waals surface area contributed by atoms with Crippen molar-refractivity contribution in [2.45, 2.75) is 0 Å². The molecule has 2 heterocycles. The topological polar surface area (TPSA) is 42.7 Å². The van der Waals surface area contributed by atoms with E-state index in [1.165, 1.54) is 0 Å². The molecule has 4 heteroatoms. The summed E-state index contributed by atoms with van der Waals surface area (Å²) in [4.78, 5) is 8.28. The van der Waals surface area contributed by atoms with Crippen LogP contribution in [0.2, 0.25) is 0 Å². The lowest BCUT2D eigenvalue weighted by molar-refractivity contribution is 0.928. The molecule has 0 aliphatic heterocycles. The molecule has 0 saturated carbocycles. The van der Waals surface area contributed by atoms with Crippen molar-refractivity contribution < 1.29 is 0 Å². The van der Waals surface area contributed by atoms with Crippen molar-refractivity contribution in [3.8, 4) is 11.4 Å². The van der Waals surface area contributed by atoms with Gasteiger partial charge in [-0.2, -0.15) is 0 Å². The zero-order valence-corrected chi connectivity index (χ0v) is 8.23. The molecule has 14 heavy (non-hydrogen) atoms. The van der Waals surface area contributed by atoms with Gasteiger partial charge in [-0.05, 0) is 12.1 Å². The number of nitrogens with zero attached hydrogens (tertiary/aromatic N) is 3. The Kier molecular flexibility index (Phi) is 2.18. The zero-order chi connectivity index (χ0) is 9.97. The van der Waals surface area contributed by atoms with Gasteiger partial charge in [0.25, 0.3) is 0 Å². The van der Waals surface area contributed by atoms with Crippen LogP contribution in [0.15, 0.2) is 30.7 Å². The van der Waals surface area contributed by atoms with E-state index in [2.05, 4.69) is 15.3 Å². The largest absolute Gasteiger partial charge is 0.373 e. The maximum atomic E-state index is 4.22. The fourth-order valence-electron chi connectivity index (χ4n) is 1.36. The third-order valence-corrected chi connectivity index (χ3v) is 2.13. The minimum atomic E-state index is 0.830. The van der Waals surface area contributed by atoms with E-state index in [0.717, 1.165) is 17.2 Å². The van der Waals surface area contributed by atoms with Crippen LogP contribution >= 0.6 is 0 Å². The van der Waals surface area contributed by atoms with Crippen LogP contribution in [0.5, 0.6) is 0 Å². The fraction of sp³-hybridized carbons (Fsp3) is 0.200. The summed E-state index contributed by atoms with van der Waals surface area (Å²) in [6.07, 6.45) is 3.56. The van der Waals surface area contributed by atoms with Gasteiger partial charge >= 0.3 is 0 Å². The van der Waals surface area contributed by atoms with E-state index in [1.807, 2.05) is 43.1 Å². The number of nitrogens with one attached hydrogen (secondary N) is 1. The molecule has 4 nitrogen and oxygen atoms in total. The first kappa shape index (κ1) is 8.74. The van der Waals surface area contributed by atoms with Crippen molar-refractivity contribution in [2.24, 2.45) is 7.05 Å². The molecule has 1 N–H and O–H groups in total. The fourth-order valence-corrected chi connectivity index (χ4v) is 1.36. The van der Waals surface area contributed by atoms with Crippen molar-refractivity contribution in [3.63, 3.8) is 0 Å². The number of rotatable bonds is 2. The Hall–Kier alpha value is -1.84. The first-order valence-electron chi connectivity index (χ1n) is 4.43. The number of hydrogen-bond donors (Lipinski definition) is 1. The van der Waals surface area contributed by atoms with E-state index in [1.54, 1.807) is 6.33 Å². The normalized spacial score (nSPS) is 10.1. The van der Waals surface area contributed by atoms with Crippen molar-refractivity contribution in [1.29, 1.82) is 0 Å². The summed E-state index contributed by atoms with van der Waals surface area (Å²) >= 11 is 0. The molecular formula is C10H12N4. The highest BCUT2D eigenvalue weighted by Gasteiger charge is 2.03. The molecule has 0 aliphatic rings. The highest BCUT2D eigenvalue weighted by molar-refractivity contribution is 5.58. The van der Waals surface area contributed by atoms with Gasteiger partial charge in [0.1, 0.15) is 12.1 Å². The molecule has 2 rings (SSSR count). The Morgan fingerprint density at radius 3 is 2.86 bits per heavy atom. The van der Waals surface area contributed by atoms with E-state index < -0.39 is 0 Å². The lowest BCUT2D eigenvalue weighted by atomic mass is 10.3. The molecule has 0 fully saturated rings. The minimum absolute atomic E-state index is 0.830. The van der Waals surface area contributed by atoms with E-state index in [-0.39, 0.29) is 0 Å². The lowest BCUT2D eigenvalue weighted by Crippen LogP contribution is -1.96. The number of anilines is 1. The van der Waals surface area contributed by atoms with Crippen LogP contribution in [-0.2, 0) is 7.05 Å². The smallest absolute Gasteiger partial charge is 0.129 e. The zero-order valence-electron chi connectivity index (χ0n) is 8.23. The third-order valence-electron chi connectivity index (χ3n) is 2.13. The average Bonchev–Trinajstić information content (AvgIpc) is 2.65. The van der Waals surface area contributed by atoms with E-state index in [9.17, 15) is 0 Å². The highest BCUT2D eigenvalue weighted by Crippen LogP contribution is 2.17. The summed E-state index contributed by atoms with van der Waals surface area (Å²) < 4.78 is 2.03. The molecule has 0 aliphatic carbocycles. The average molecular weight is 188 g/mol. The third kappa shape index (κ3) is 1.46. The summed E-state index contributed by atoms with van der Waals surface area (Å²) in [5.74, 6) is 0.830. The van der Waals surface area contributed by atoms with Crippen molar-refractivity contribution in [1.82, 2.24) is 14.5 Å². The molecule has 0 atom stereocenters. The molecule has 72 valence electrons. The highest BCUT2D eigenvalue weighted by atomic mass is 15.0. The van der Waals surface area contributed by atoms with E-state index >= 15 is 0 Å². The predicted molar refractivity (Wildman–Crippen MR) is 56.0 cm³/mol. The van der Waals surface area contributed by atoms with Crippen LogP contribution in [0.25, 0.3) is 11.4 Å². The van der Waals surface area contributed by atoms with Gasteiger partial charge in [-0.15, -0.1) is 0 Å². The number of hydrogen-bond acceptors (Lipinski definition) is 3. The Morgan fingerprint density at radius 1 is 1.36 bits per heavy atom. The van der Waals surface area contributed by atoms with Gasteiger partial charge in [-0.3, -0.25) is 0 Å². The van der Waals surface area contributed by atoms with E-state index in [0.29, 0.717) is 0 Å². The molecular weight excluding hydrogens is 176 g/mol. The maximum Gasteiger partial charge on any atom is 0.129 e. The van der Waals surface area contributed by atoms with Crippen molar-refractivity contribution in [3.05, 3.63) is 30.7 Å². The molecule has 2 aromatic rings. The van der Waals surface area contributed by atoms with Gasteiger partial charge in [-0.1, -0.05) is 0 Å². The van der Waals surface area contributed by atoms with Crippen LogP contribution in [-0.4, -0.2) is 21.6 Å². The second-order valence-corrected chi connectivity index (χ2v) is 3.04. The maximum absolute atomic E-state index is 4.22. The van der Waals surface area contributed by atoms with Crippen LogP contribution in [0, 0.1) is 0 Å². The molecule has 2 aromatic heterocycles. The lowest BCUT2D eigenvalue weighted by Gasteiger charge is -2.03. The Morgan fingerprint density at radius 2 is 2.21 bits per heavy atom. The Labute approximate surface area is 82.6 Å². The molecule has 0 spiro atoms. The van der Waals surface area contributed by atoms with Gasteiger partial charge < -0.3 is 9.88 Å². The first-order chi connectivity index (χ1) is 6.81. The Bertz CT molecular complexity index is 433. The predicted octanol–water partition coefficient (Wildman–Crippen LogP) is 1.52. The van der Waals surface area contributed by atoms with Crippen molar-refractivity contribution in [2.75, 3.05) is 12.4 Å². The SMILES string of the molecule is CNc1cc(-c2cccn2C)ncn1. The second-order valence-electron chi connectivity index (χ2n) is 3.04. The quantitative estimate of drug-likeness (QED) is 0.777. The monoisotopic (exact) mass is 188 g/mol. The summed E-state index contributed by atoms with van der Waals surface area (Å²) in [5, 5.41) is 2.99. The molecule has 0 aromatic carbocycles. The summed E-state index contributed by atoms with van der Waals surface area (Å²) in [5.41, 5.74) is 2.01. The van der Waals surface area contributed by atoms with E-state index in [4.69, 9.17) is 0 Å². The number of aromatic nitrogens is 3. The Balaban J connectivity index is 2.47. The van der Waals surface area contributed by atoms with Gasteiger partial charge in [0.2, 0.25) is 0 Å². The number of aryl methyl sites for hydroxylation is 1. The standard InChI is InChI=1S/C10H12N4/c1-11-10-6-8(12-7-13-10)9-4-3-5-14(9)2/h3-7H,1-2H3,(H,11,12,13). The molecule has 0 amide bonds. The molecule has 0 bridgehead atoms. The summed E-state index contributed by atoms with van der Waals surface area (Å²) in [7, 11) is 3.84. The van der Waals surface area contributed by atoms with Crippen LogP contribution in [0.1, 0.15) is 0 Å². The molecule has 0 unspecified atom stereocenters. The van der Waals surface area contributed by atoms with Gasteiger partial charge in [0.15, 0.2) is 0 Å². The first-order valence-corrected chi connectivity index (χ1v) is 4.43. The minimum Gasteiger partial charge on any atom is -0.373 e. The summed E-state index contributed by atoms with van der Waals surface area (Å²) in [6.45, 7) is 0. The van der Waals surface area contributed by atoms with Crippen molar-refractivity contribution >= 4 is 5.82 Å². The van der Waals surface area contributed by atoms with Crippen LogP contribution < -0.4 is 5.32 Å².